The molecule has 2 N–H and O–H groups in total. The smallest absolute Gasteiger partial charge is 0.334 e. The van der Waals surface area contributed by atoms with Crippen LogP contribution in [0.5, 0.6) is 0 Å². The Hall–Kier alpha value is -1.64. The van der Waals surface area contributed by atoms with Crippen LogP contribution in [0.4, 0.5) is 8.78 Å². The lowest BCUT2D eigenvalue weighted by Crippen LogP contribution is -2.21. The van der Waals surface area contributed by atoms with E-state index in [1.54, 1.807) is 39.0 Å². The summed E-state index contributed by atoms with van der Waals surface area (Å²) in [6, 6.07) is 8.85. The number of carbonyl (C=O) groups excluding carboxylic acids is 2. The van der Waals surface area contributed by atoms with Gasteiger partial charge in [-0.1, -0.05) is 78.1 Å². The van der Waals surface area contributed by atoms with Crippen LogP contribution >= 0.6 is 30.9 Å². The number of nitrogens with two attached hydrogens (primary N) is 1. The Morgan fingerprint density at radius 2 is 1.45 bits per heavy atom. The first-order valence-corrected chi connectivity index (χ1v) is 15.9. The van der Waals surface area contributed by atoms with Crippen molar-refractivity contribution in [2.75, 3.05) is 24.7 Å². The molecule has 0 aliphatic rings. The molecule has 0 aromatic heterocycles. The maximum absolute atomic E-state index is 16.1. The molecule has 0 aliphatic carbocycles. The molecule has 10 heteroatoms. The molecule has 0 spiro atoms. The number of allylic oxidation sites excluding steroid dienone is 1. The second-order valence-corrected chi connectivity index (χ2v) is 15.6. The van der Waals surface area contributed by atoms with Crippen molar-refractivity contribution in [2.24, 2.45) is 16.6 Å². The molecule has 210 valence electrons. The van der Waals surface area contributed by atoms with Crippen molar-refractivity contribution in [1.82, 2.24) is 0 Å². The first kappa shape index (κ1) is 32.6. The minimum absolute atomic E-state index is 0.0138. The third kappa shape index (κ3) is 8.43. The van der Waals surface area contributed by atoms with Crippen LogP contribution in [0.15, 0.2) is 47.9 Å². The highest BCUT2D eigenvalue weighted by Gasteiger charge is 2.48. The van der Waals surface area contributed by atoms with Crippen molar-refractivity contribution in [3.8, 4) is 0 Å². The van der Waals surface area contributed by atoms with E-state index in [4.69, 9.17) is 14.8 Å². The number of carbonyl (C=O) groups is 2. The van der Waals surface area contributed by atoms with Crippen LogP contribution in [0.25, 0.3) is 10.8 Å². The summed E-state index contributed by atoms with van der Waals surface area (Å²) in [5.41, 5.74) is 1.01. The number of hydrogen-bond donors (Lipinski definition) is 1. The molecule has 2 rings (SSSR count). The van der Waals surface area contributed by atoms with E-state index in [0.29, 0.717) is 16.5 Å². The lowest BCUT2D eigenvalue weighted by molar-refractivity contribution is -0.117. The van der Waals surface area contributed by atoms with E-state index in [1.165, 1.54) is 30.0 Å². The molecule has 38 heavy (non-hydrogen) atoms. The van der Waals surface area contributed by atoms with E-state index in [9.17, 15) is 9.59 Å². The van der Waals surface area contributed by atoms with Gasteiger partial charge >= 0.3 is 5.66 Å². The standard InChI is InChI=1S/C28H38F2NO4PS2/c1-19(26(2,3)4)37-15-13-34-36(8,35-14-16-38-25(33)27(5,6)7)28(29,30)23-12-11-20-9-10-21(24(31)32)17-22(20)18-23/h9-12,17-18H,1,8,13-16H2,2-7H3,(H2,31,32). The molecule has 0 saturated heterocycles. The zero-order valence-electron chi connectivity index (χ0n) is 22.9. The molecule has 2 aromatic rings. The molecule has 1 amide bonds. The Morgan fingerprint density at radius 3 is 1.97 bits per heavy atom. The average Bonchev–Trinajstić information content (AvgIpc) is 2.82. The summed E-state index contributed by atoms with van der Waals surface area (Å²) >= 11 is 2.49. The van der Waals surface area contributed by atoms with Crippen LogP contribution in [-0.2, 0) is 19.5 Å². The van der Waals surface area contributed by atoms with Gasteiger partial charge in [0.2, 0.25) is 5.91 Å². The highest BCUT2D eigenvalue weighted by Crippen LogP contribution is 2.66. The van der Waals surface area contributed by atoms with E-state index < -0.39 is 24.3 Å². The minimum Gasteiger partial charge on any atom is -0.366 e. The van der Waals surface area contributed by atoms with Crippen LogP contribution in [-0.4, -0.2) is 42.0 Å². The first-order chi connectivity index (χ1) is 17.4. The van der Waals surface area contributed by atoms with E-state index >= 15 is 8.78 Å². The molecule has 0 heterocycles. The Balaban J connectivity index is 2.30. The normalized spacial score (nSPS) is 14.3. The predicted molar refractivity (Wildman–Crippen MR) is 160 cm³/mol. The van der Waals surface area contributed by atoms with Gasteiger partial charge < -0.3 is 14.8 Å². The van der Waals surface area contributed by atoms with E-state index in [0.717, 1.165) is 16.7 Å². The number of primary amides is 1. The molecule has 1 unspecified atom stereocenters. The lowest BCUT2D eigenvalue weighted by atomic mass is 9.97. The molecule has 2 aromatic carbocycles. The fourth-order valence-corrected chi connectivity index (χ4v) is 6.67. The quantitative estimate of drug-likeness (QED) is 0.202. The summed E-state index contributed by atoms with van der Waals surface area (Å²) < 4.78 is 43.6. The summed E-state index contributed by atoms with van der Waals surface area (Å²) in [6.07, 6.45) is 3.79. The number of alkyl halides is 2. The van der Waals surface area contributed by atoms with Gasteiger partial charge in [0.25, 0.3) is 0 Å². The summed E-state index contributed by atoms with van der Waals surface area (Å²) in [5.74, 6) is -0.0438. The Kier molecular flexibility index (Phi) is 10.9. The average molecular weight is 586 g/mol. The SMILES string of the molecule is C=C(SCCOP(=C)(OCCSC(=O)C(C)(C)C)C(F)(F)c1ccc2ccc(C(N)=O)cc2c1)C(C)(C)C. The van der Waals surface area contributed by atoms with Crippen LogP contribution in [0.2, 0.25) is 0 Å². The van der Waals surface area contributed by atoms with Crippen LogP contribution < -0.4 is 5.73 Å². The summed E-state index contributed by atoms with van der Waals surface area (Å²) in [5, 5.41) is 1.06. The van der Waals surface area contributed by atoms with Crippen molar-refractivity contribution in [2.45, 2.75) is 47.2 Å². The van der Waals surface area contributed by atoms with Gasteiger partial charge in [0.15, 0.2) is 12.5 Å². The number of rotatable bonds is 12. The second kappa shape index (κ2) is 12.7. The topological polar surface area (TPSA) is 78.6 Å². The van der Waals surface area contributed by atoms with E-state index in [-0.39, 0.29) is 40.6 Å². The van der Waals surface area contributed by atoms with Gasteiger partial charge in [0, 0.05) is 28.0 Å². The summed E-state index contributed by atoms with van der Waals surface area (Å²) in [4.78, 5) is 24.8. The van der Waals surface area contributed by atoms with Crippen molar-refractivity contribution >= 4 is 59.0 Å². The molecule has 0 saturated carbocycles. The molecule has 0 radical (unpaired) electrons. The Morgan fingerprint density at radius 1 is 0.895 bits per heavy atom. The number of thioether (sulfide) groups is 2. The Labute approximate surface area is 233 Å². The molecule has 5 nitrogen and oxygen atoms in total. The maximum atomic E-state index is 16.1. The zero-order chi connectivity index (χ0) is 28.9. The Bertz CT molecular complexity index is 1200. The number of hydrogen-bond acceptors (Lipinski definition) is 6. The largest absolute Gasteiger partial charge is 0.366 e. The van der Waals surface area contributed by atoms with Crippen molar-refractivity contribution in [3.05, 3.63) is 59.0 Å². The van der Waals surface area contributed by atoms with Gasteiger partial charge in [0.1, 0.15) is 0 Å². The van der Waals surface area contributed by atoms with Gasteiger partial charge in [-0.05, 0) is 45.6 Å². The van der Waals surface area contributed by atoms with Gasteiger partial charge in [-0.3, -0.25) is 9.59 Å². The monoisotopic (exact) mass is 585 g/mol. The summed E-state index contributed by atoms with van der Waals surface area (Å²) in [6.45, 7) is 15.4. The highest BCUT2D eigenvalue weighted by atomic mass is 32.2. The highest BCUT2D eigenvalue weighted by molar-refractivity contribution is 8.13. The molecular weight excluding hydrogens is 547 g/mol. The van der Waals surface area contributed by atoms with Crippen molar-refractivity contribution in [3.63, 3.8) is 0 Å². The van der Waals surface area contributed by atoms with E-state index in [2.05, 4.69) is 12.9 Å². The number of amides is 1. The third-order valence-electron chi connectivity index (χ3n) is 5.62. The van der Waals surface area contributed by atoms with Crippen LogP contribution in [0.3, 0.4) is 0 Å². The number of halogens is 2. The van der Waals surface area contributed by atoms with Crippen molar-refractivity contribution < 1.29 is 27.4 Å². The lowest BCUT2D eigenvalue weighted by Gasteiger charge is -2.33. The molecule has 1 atom stereocenters. The van der Waals surface area contributed by atoms with Gasteiger partial charge in [-0.15, -0.1) is 11.8 Å². The molecular formula is C28H38F2NO4PS2. The van der Waals surface area contributed by atoms with Crippen LogP contribution in [0, 0.1) is 10.8 Å². The van der Waals surface area contributed by atoms with Gasteiger partial charge in [-0.25, -0.2) is 0 Å². The second-order valence-electron chi connectivity index (χ2n) is 10.9. The van der Waals surface area contributed by atoms with E-state index in [1.807, 2.05) is 20.8 Å². The maximum Gasteiger partial charge on any atom is 0.334 e. The minimum atomic E-state index is -4.05. The predicted octanol–water partition coefficient (Wildman–Crippen LogP) is 7.90. The third-order valence-corrected chi connectivity index (χ3v) is 10.5. The molecule has 0 aliphatic heterocycles. The van der Waals surface area contributed by atoms with Crippen molar-refractivity contribution in [1.29, 1.82) is 0 Å². The van der Waals surface area contributed by atoms with Gasteiger partial charge in [-0.2, -0.15) is 8.78 Å². The number of fused-ring (bicyclic) bond motifs is 1. The summed E-state index contributed by atoms with van der Waals surface area (Å²) in [7, 11) is -4.05. The first-order valence-electron chi connectivity index (χ1n) is 12.1. The fourth-order valence-electron chi connectivity index (χ4n) is 3.08. The molecule has 0 fully saturated rings. The fraction of sp³-hybridized carbons (Fsp3) is 0.464. The van der Waals surface area contributed by atoms with Gasteiger partial charge in [0.05, 0.1) is 13.2 Å². The number of benzene rings is 2. The molecule has 0 bridgehead atoms. The van der Waals surface area contributed by atoms with Crippen LogP contribution in [0.1, 0.15) is 57.5 Å². The zero-order valence-corrected chi connectivity index (χ0v) is 25.5.